The highest BCUT2D eigenvalue weighted by molar-refractivity contribution is 7.09. The molecule has 0 spiro atoms. The van der Waals surface area contributed by atoms with Gasteiger partial charge < -0.3 is 11.1 Å². The summed E-state index contributed by atoms with van der Waals surface area (Å²) in [5, 5.41) is 5.95. The zero-order chi connectivity index (χ0) is 16.8. The van der Waals surface area contributed by atoms with E-state index >= 15 is 0 Å². The highest BCUT2D eigenvalue weighted by Gasteiger charge is 2.56. The van der Waals surface area contributed by atoms with Gasteiger partial charge in [0.15, 0.2) is 0 Å². The zero-order valence-electron chi connectivity index (χ0n) is 14.6. The number of nitrogens with zero attached hydrogens (tertiary/aromatic N) is 1. The van der Waals surface area contributed by atoms with Gasteiger partial charge in [0, 0.05) is 11.4 Å². The molecule has 1 heterocycles. The molecular formula is C18H29N3OS. The van der Waals surface area contributed by atoms with Crippen molar-refractivity contribution in [1.82, 2.24) is 10.3 Å². The van der Waals surface area contributed by atoms with Gasteiger partial charge in [0.25, 0.3) is 5.91 Å². The lowest BCUT2D eigenvalue weighted by molar-refractivity contribution is -0.113. The number of nitrogens with two attached hydrogens (primary N) is 1. The molecule has 0 aliphatic heterocycles. The fourth-order valence-corrected chi connectivity index (χ4v) is 5.42. The second kappa shape index (κ2) is 6.17. The van der Waals surface area contributed by atoms with E-state index in [4.69, 9.17) is 5.73 Å². The van der Waals surface area contributed by atoms with Gasteiger partial charge in [-0.2, -0.15) is 0 Å². The van der Waals surface area contributed by atoms with Crippen molar-refractivity contribution in [3.05, 3.63) is 16.1 Å². The molecule has 3 aliphatic rings. The van der Waals surface area contributed by atoms with E-state index in [0.29, 0.717) is 17.0 Å². The standard InChI is InChI=1S/C18H29N3OS/c1-5-6-13(19)17-21-15(9-23-17)16(22)20-14-8-11-7-12(10(14)2)18(11,3)4/h9-14H,5-8,19H2,1-4H3,(H,20,22). The number of fused-ring (bicyclic) bond motifs is 2. The lowest BCUT2D eigenvalue weighted by atomic mass is 9.45. The lowest BCUT2D eigenvalue weighted by Gasteiger charge is -2.62. The Hall–Kier alpha value is -0.940. The van der Waals surface area contributed by atoms with E-state index in [1.807, 2.05) is 5.38 Å². The molecule has 1 aromatic rings. The number of amides is 1. The Kier molecular flexibility index (Phi) is 4.53. The quantitative estimate of drug-likeness (QED) is 0.861. The third-order valence-electron chi connectivity index (χ3n) is 6.34. The molecule has 1 amide bonds. The Balaban J connectivity index is 1.62. The summed E-state index contributed by atoms with van der Waals surface area (Å²) in [5.74, 6) is 1.99. The largest absolute Gasteiger partial charge is 0.348 e. The van der Waals surface area contributed by atoms with Crippen molar-refractivity contribution in [2.24, 2.45) is 28.9 Å². The number of rotatable bonds is 5. The number of nitrogens with one attached hydrogen (secondary N) is 1. The van der Waals surface area contributed by atoms with Crippen LogP contribution in [0.5, 0.6) is 0 Å². The van der Waals surface area contributed by atoms with Crippen LogP contribution in [0.2, 0.25) is 0 Å². The first-order chi connectivity index (χ1) is 10.8. The van der Waals surface area contributed by atoms with E-state index in [1.165, 1.54) is 17.8 Å². The first-order valence-electron chi connectivity index (χ1n) is 8.86. The summed E-state index contributed by atoms with van der Waals surface area (Å²) in [4.78, 5) is 17.0. The minimum atomic E-state index is -0.0476. The van der Waals surface area contributed by atoms with E-state index in [-0.39, 0.29) is 18.0 Å². The number of hydrogen-bond donors (Lipinski definition) is 2. The highest BCUT2D eigenvalue weighted by Crippen LogP contribution is 2.61. The summed E-state index contributed by atoms with van der Waals surface area (Å²) < 4.78 is 0. The number of carbonyl (C=O) groups excluding carboxylic acids is 1. The SMILES string of the molecule is CCCC(N)c1nc(C(=O)NC2CC3CC(C2C)C3(C)C)cs1. The van der Waals surface area contributed by atoms with Crippen LogP contribution in [0.1, 0.15) is 74.9 Å². The van der Waals surface area contributed by atoms with Crippen LogP contribution < -0.4 is 11.1 Å². The van der Waals surface area contributed by atoms with Crippen LogP contribution in [0.15, 0.2) is 5.38 Å². The van der Waals surface area contributed by atoms with E-state index in [9.17, 15) is 4.79 Å². The minimum absolute atomic E-state index is 0.0350. The van der Waals surface area contributed by atoms with Crippen LogP contribution in [0.3, 0.4) is 0 Å². The molecule has 23 heavy (non-hydrogen) atoms. The molecule has 3 saturated carbocycles. The highest BCUT2D eigenvalue weighted by atomic mass is 32.1. The van der Waals surface area contributed by atoms with E-state index in [0.717, 1.165) is 36.1 Å². The van der Waals surface area contributed by atoms with Gasteiger partial charge >= 0.3 is 0 Å². The first-order valence-corrected chi connectivity index (χ1v) is 9.74. The topological polar surface area (TPSA) is 68.0 Å². The maximum Gasteiger partial charge on any atom is 0.270 e. The second-order valence-electron chi connectivity index (χ2n) is 8.00. The third kappa shape index (κ3) is 2.93. The van der Waals surface area contributed by atoms with Crippen LogP contribution in [0.4, 0.5) is 0 Å². The van der Waals surface area contributed by atoms with Crippen molar-refractivity contribution in [1.29, 1.82) is 0 Å². The minimum Gasteiger partial charge on any atom is -0.348 e. The molecule has 5 atom stereocenters. The van der Waals surface area contributed by atoms with Gasteiger partial charge in [-0.25, -0.2) is 4.98 Å². The van der Waals surface area contributed by atoms with Crippen LogP contribution in [-0.2, 0) is 0 Å². The van der Waals surface area contributed by atoms with Gasteiger partial charge in [-0.3, -0.25) is 4.79 Å². The zero-order valence-corrected chi connectivity index (χ0v) is 15.5. The summed E-state index contributed by atoms with van der Waals surface area (Å²) in [6.07, 6.45) is 4.36. The monoisotopic (exact) mass is 335 g/mol. The fraction of sp³-hybridized carbons (Fsp3) is 0.778. The molecule has 1 aromatic heterocycles. The molecule has 3 aliphatic carbocycles. The maximum absolute atomic E-state index is 12.5. The predicted octanol–water partition coefficient (Wildman–Crippen LogP) is 3.74. The average Bonchev–Trinajstić information content (AvgIpc) is 2.99. The van der Waals surface area contributed by atoms with E-state index < -0.39 is 0 Å². The molecule has 3 fully saturated rings. The number of carbonyl (C=O) groups is 1. The number of hydrogen-bond acceptors (Lipinski definition) is 4. The summed E-state index contributed by atoms with van der Waals surface area (Å²) in [7, 11) is 0. The van der Waals surface area contributed by atoms with Gasteiger partial charge in [-0.05, 0) is 42.4 Å². The van der Waals surface area contributed by atoms with E-state index in [1.54, 1.807) is 0 Å². The molecule has 128 valence electrons. The van der Waals surface area contributed by atoms with E-state index in [2.05, 4.69) is 38.0 Å². The van der Waals surface area contributed by atoms with Crippen molar-refractivity contribution in [3.63, 3.8) is 0 Å². The van der Waals surface area contributed by atoms with Gasteiger partial charge in [0.05, 0.1) is 6.04 Å². The van der Waals surface area contributed by atoms with Gasteiger partial charge in [0.1, 0.15) is 10.7 Å². The molecule has 2 bridgehead atoms. The Labute approximate surface area is 143 Å². The lowest BCUT2D eigenvalue weighted by Crippen LogP contribution is -2.60. The normalized spacial score (nSPS) is 32.9. The molecule has 0 radical (unpaired) electrons. The second-order valence-corrected chi connectivity index (χ2v) is 8.89. The molecular weight excluding hydrogens is 306 g/mol. The Morgan fingerprint density at radius 2 is 2.26 bits per heavy atom. The summed E-state index contributed by atoms with van der Waals surface area (Å²) in [5.41, 5.74) is 7.07. The van der Waals surface area contributed by atoms with Crippen molar-refractivity contribution in [2.75, 3.05) is 0 Å². The van der Waals surface area contributed by atoms with Crippen LogP contribution >= 0.6 is 11.3 Å². The third-order valence-corrected chi connectivity index (χ3v) is 7.32. The first kappa shape index (κ1) is 16.9. The predicted molar refractivity (Wildman–Crippen MR) is 94.4 cm³/mol. The molecule has 5 heteroatoms. The molecule has 4 rings (SSSR count). The smallest absolute Gasteiger partial charge is 0.270 e. The van der Waals surface area contributed by atoms with Gasteiger partial charge in [0.2, 0.25) is 0 Å². The summed E-state index contributed by atoms with van der Waals surface area (Å²) in [6.45, 7) is 9.15. The molecule has 3 N–H and O–H groups in total. The number of thiazole rings is 1. The Bertz CT molecular complexity index is 583. The average molecular weight is 336 g/mol. The molecule has 0 saturated heterocycles. The fourth-order valence-electron chi connectivity index (χ4n) is 4.58. The van der Waals surface area contributed by atoms with Crippen LogP contribution in [0, 0.1) is 23.2 Å². The maximum atomic E-state index is 12.5. The van der Waals surface area contributed by atoms with Crippen molar-refractivity contribution in [2.45, 2.75) is 65.5 Å². The van der Waals surface area contributed by atoms with Gasteiger partial charge in [-0.15, -0.1) is 11.3 Å². The molecule has 4 nitrogen and oxygen atoms in total. The summed E-state index contributed by atoms with van der Waals surface area (Å²) in [6, 6.07) is 0.238. The Morgan fingerprint density at radius 3 is 2.87 bits per heavy atom. The molecule has 5 unspecified atom stereocenters. The number of aromatic nitrogens is 1. The summed E-state index contributed by atoms with van der Waals surface area (Å²) >= 11 is 1.50. The molecule has 0 aromatic carbocycles. The van der Waals surface area contributed by atoms with Gasteiger partial charge in [-0.1, -0.05) is 34.1 Å². The van der Waals surface area contributed by atoms with Crippen molar-refractivity contribution >= 4 is 17.2 Å². The van der Waals surface area contributed by atoms with Crippen molar-refractivity contribution in [3.8, 4) is 0 Å². The van der Waals surface area contributed by atoms with Crippen molar-refractivity contribution < 1.29 is 4.79 Å². The van der Waals surface area contributed by atoms with Crippen LogP contribution in [-0.4, -0.2) is 16.9 Å². The Morgan fingerprint density at radius 1 is 1.52 bits per heavy atom. The van der Waals surface area contributed by atoms with Crippen LogP contribution in [0.25, 0.3) is 0 Å².